The average molecular weight is 325 g/mol. The highest BCUT2D eigenvalue weighted by molar-refractivity contribution is 5.17. The Hall–Kier alpha value is -1.64. The lowest BCUT2D eigenvalue weighted by atomic mass is 9.88. The summed E-state index contributed by atoms with van der Waals surface area (Å²) in [4.78, 5) is 0. The molecule has 0 bridgehead atoms. The van der Waals surface area contributed by atoms with Crippen molar-refractivity contribution < 1.29 is 10.6 Å². The number of hydrogen-bond acceptors (Lipinski definition) is 0. The van der Waals surface area contributed by atoms with Crippen molar-refractivity contribution in [3.05, 3.63) is 71.8 Å². The van der Waals surface area contributed by atoms with E-state index in [1.165, 1.54) is 36.8 Å². The molecule has 0 unspecified atom stereocenters. The molecule has 0 heterocycles. The van der Waals surface area contributed by atoms with E-state index in [9.17, 15) is 0 Å². The van der Waals surface area contributed by atoms with E-state index in [1.54, 1.807) is 0 Å². The van der Waals surface area contributed by atoms with Gasteiger partial charge in [-0.3, -0.25) is 0 Å². The van der Waals surface area contributed by atoms with Crippen molar-refractivity contribution >= 4 is 0 Å². The summed E-state index contributed by atoms with van der Waals surface area (Å²) in [6.45, 7) is 4.70. The van der Waals surface area contributed by atoms with Crippen molar-refractivity contribution in [1.82, 2.24) is 0 Å². The van der Waals surface area contributed by atoms with Gasteiger partial charge in [0.15, 0.2) is 0 Å². The van der Waals surface area contributed by atoms with Crippen molar-refractivity contribution in [3.8, 4) is 0 Å². The van der Waals surface area contributed by atoms with Crippen molar-refractivity contribution in [2.24, 2.45) is 0 Å². The molecule has 2 aromatic carbocycles. The highest BCUT2D eigenvalue weighted by Crippen LogP contribution is 2.17. The Morgan fingerprint density at radius 2 is 1.04 bits per heavy atom. The minimum Gasteiger partial charge on any atom is -0.333 e. The van der Waals surface area contributed by atoms with Gasteiger partial charge in [-0.15, -0.1) is 0 Å². The summed E-state index contributed by atoms with van der Waals surface area (Å²) in [5, 5.41) is 5.24. The van der Waals surface area contributed by atoms with Crippen LogP contribution < -0.4 is 10.6 Å². The fourth-order valence-corrected chi connectivity index (χ4v) is 4.14. The van der Waals surface area contributed by atoms with Crippen LogP contribution in [0.5, 0.6) is 0 Å². The normalized spacial score (nSPS) is 23.6. The Morgan fingerprint density at radius 3 is 1.42 bits per heavy atom. The first-order valence-corrected chi connectivity index (χ1v) is 9.54. The van der Waals surface area contributed by atoms with E-state index in [4.69, 9.17) is 0 Å². The summed E-state index contributed by atoms with van der Waals surface area (Å²) in [5.74, 6) is 0. The number of benzene rings is 2. The Morgan fingerprint density at radius 1 is 0.667 bits per heavy atom. The molecular weight excluding hydrogens is 292 g/mol. The standard InChI is InChI=1S/C22H30N2/c1-17(19-11-5-3-6-12-19)23-21-15-9-10-16-22(21)24-18(2)20-13-7-4-8-14-20/h3-8,11-14,17-18,21-24H,9-10,15-16H2,1-2H3/p+2/t17-,18-,21+,22+/m1/s1. The number of rotatable bonds is 6. The molecule has 2 aromatic rings. The monoisotopic (exact) mass is 324 g/mol. The van der Waals surface area contributed by atoms with Gasteiger partial charge < -0.3 is 10.6 Å². The largest absolute Gasteiger partial charge is 0.333 e. The smallest absolute Gasteiger partial charge is 0.139 e. The molecule has 128 valence electrons. The molecule has 0 amide bonds. The van der Waals surface area contributed by atoms with Gasteiger partial charge in [-0.25, -0.2) is 0 Å². The Bertz CT molecular complexity index is 540. The predicted molar refractivity (Wildman–Crippen MR) is 99.6 cm³/mol. The highest BCUT2D eigenvalue weighted by atomic mass is 15.1. The van der Waals surface area contributed by atoms with Gasteiger partial charge in [0.2, 0.25) is 0 Å². The highest BCUT2D eigenvalue weighted by Gasteiger charge is 2.33. The van der Waals surface area contributed by atoms with Crippen molar-refractivity contribution in [3.63, 3.8) is 0 Å². The zero-order chi connectivity index (χ0) is 16.8. The van der Waals surface area contributed by atoms with Crippen LogP contribution in [-0.2, 0) is 0 Å². The lowest BCUT2D eigenvalue weighted by molar-refractivity contribution is -0.808. The predicted octanol–water partition coefficient (Wildman–Crippen LogP) is 2.95. The fourth-order valence-electron chi connectivity index (χ4n) is 4.14. The van der Waals surface area contributed by atoms with Gasteiger partial charge in [0.1, 0.15) is 24.2 Å². The summed E-state index contributed by atoms with van der Waals surface area (Å²) < 4.78 is 0. The van der Waals surface area contributed by atoms with Gasteiger partial charge in [0, 0.05) is 24.0 Å². The first-order valence-electron chi connectivity index (χ1n) is 9.54. The summed E-state index contributed by atoms with van der Waals surface area (Å²) in [6, 6.07) is 24.4. The zero-order valence-electron chi connectivity index (χ0n) is 15.1. The topological polar surface area (TPSA) is 33.2 Å². The number of nitrogens with two attached hydrogens (primary N) is 2. The molecule has 0 saturated heterocycles. The molecule has 0 spiro atoms. The van der Waals surface area contributed by atoms with Crippen LogP contribution in [0.4, 0.5) is 0 Å². The second kappa shape index (κ2) is 8.46. The van der Waals surface area contributed by atoms with E-state index in [1.807, 2.05) is 0 Å². The lowest BCUT2D eigenvalue weighted by Gasteiger charge is -2.31. The second-order valence-corrected chi connectivity index (χ2v) is 7.40. The van der Waals surface area contributed by atoms with Crippen LogP contribution in [0.2, 0.25) is 0 Å². The molecule has 1 aliphatic rings. The molecule has 2 nitrogen and oxygen atoms in total. The van der Waals surface area contributed by atoms with Crippen LogP contribution in [0.1, 0.15) is 62.7 Å². The van der Waals surface area contributed by atoms with E-state index in [-0.39, 0.29) is 0 Å². The van der Waals surface area contributed by atoms with E-state index in [0.29, 0.717) is 12.1 Å². The van der Waals surface area contributed by atoms with Gasteiger partial charge >= 0.3 is 0 Å². The van der Waals surface area contributed by atoms with E-state index >= 15 is 0 Å². The van der Waals surface area contributed by atoms with Crippen LogP contribution in [-0.4, -0.2) is 12.1 Å². The van der Waals surface area contributed by atoms with Crippen LogP contribution in [0.15, 0.2) is 60.7 Å². The third-order valence-corrected chi connectivity index (χ3v) is 5.60. The molecule has 1 fully saturated rings. The molecule has 0 aliphatic heterocycles. The van der Waals surface area contributed by atoms with Crippen molar-refractivity contribution in [2.75, 3.05) is 0 Å². The molecule has 24 heavy (non-hydrogen) atoms. The van der Waals surface area contributed by atoms with E-state index in [2.05, 4.69) is 85.1 Å². The number of quaternary nitrogens is 2. The molecular formula is C22H32N2+2. The zero-order valence-corrected chi connectivity index (χ0v) is 15.1. The lowest BCUT2D eigenvalue weighted by Crippen LogP contribution is -3.04. The maximum Gasteiger partial charge on any atom is 0.139 e. The van der Waals surface area contributed by atoms with Crippen LogP contribution in [0.3, 0.4) is 0 Å². The molecule has 2 heteroatoms. The van der Waals surface area contributed by atoms with Crippen LogP contribution in [0.25, 0.3) is 0 Å². The van der Waals surface area contributed by atoms with Gasteiger partial charge in [0.25, 0.3) is 0 Å². The summed E-state index contributed by atoms with van der Waals surface area (Å²) in [7, 11) is 0. The SMILES string of the molecule is C[C@@H]([NH2+][C@H]1CCCC[C@@H]1[NH2+][C@H](C)c1ccccc1)c1ccccc1. The van der Waals surface area contributed by atoms with Gasteiger partial charge in [-0.2, -0.15) is 0 Å². The van der Waals surface area contributed by atoms with E-state index in [0.717, 1.165) is 12.1 Å². The molecule has 1 saturated carbocycles. The average Bonchev–Trinajstić information content (AvgIpc) is 2.64. The molecule has 4 N–H and O–H groups in total. The van der Waals surface area contributed by atoms with Crippen LogP contribution >= 0.6 is 0 Å². The maximum atomic E-state index is 2.62. The van der Waals surface area contributed by atoms with Gasteiger partial charge in [-0.1, -0.05) is 60.7 Å². The van der Waals surface area contributed by atoms with Crippen LogP contribution in [0, 0.1) is 0 Å². The Balaban J connectivity index is 1.63. The van der Waals surface area contributed by atoms with Crippen molar-refractivity contribution in [1.29, 1.82) is 0 Å². The molecule has 0 aromatic heterocycles. The quantitative estimate of drug-likeness (QED) is 0.819. The fraction of sp³-hybridized carbons (Fsp3) is 0.455. The first kappa shape index (κ1) is 17.2. The van der Waals surface area contributed by atoms with Crippen molar-refractivity contribution in [2.45, 2.75) is 63.7 Å². The Kier molecular flexibility index (Phi) is 6.06. The third kappa shape index (κ3) is 4.46. The number of hydrogen-bond donors (Lipinski definition) is 2. The maximum absolute atomic E-state index is 2.62. The minimum absolute atomic E-state index is 0.539. The minimum atomic E-state index is 0.539. The van der Waals surface area contributed by atoms with Gasteiger partial charge in [0.05, 0.1) is 0 Å². The van der Waals surface area contributed by atoms with Gasteiger partial charge in [-0.05, 0) is 26.7 Å². The summed E-state index contributed by atoms with van der Waals surface area (Å²) in [5.41, 5.74) is 2.89. The molecule has 1 aliphatic carbocycles. The molecule has 3 rings (SSSR count). The molecule has 4 atom stereocenters. The molecule has 0 radical (unpaired) electrons. The Labute approximate surface area is 146 Å². The van der Waals surface area contributed by atoms with E-state index < -0.39 is 0 Å². The second-order valence-electron chi connectivity index (χ2n) is 7.40. The summed E-state index contributed by atoms with van der Waals surface area (Å²) >= 11 is 0. The summed E-state index contributed by atoms with van der Waals surface area (Å²) in [6.07, 6.45) is 5.46. The first-order chi connectivity index (χ1) is 11.7. The third-order valence-electron chi connectivity index (χ3n) is 5.60.